The van der Waals surface area contributed by atoms with E-state index in [-0.39, 0.29) is 0 Å². The van der Waals surface area contributed by atoms with Gasteiger partial charge in [-0.2, -0.15) is 4.98 Å². The molecule has 2 heterocycles. The van der Waals surface area contributed by atoms with Crippen LogP contribution in [0.2, 0.25) is 0 Å². The van der Waals surface area contributed by atoms with Gasteiger partial charge in [-0.05, 0) is 32.7 Å². The standard InChI is InChI=1S/C12H20N4O/c1-3-17-11-6-9(2)14-12(15-11)16-5-4-10(7-13)8-16/h6,10H,3-5,7-8,13H2,1-2H3. The van der Waals surface area contributed by atoms with Gasteiger partial charge in [0.05, 0.1) is 6.61 Å². The van der Waals surface area contributed by atoms with E-state index in [1.54, 1.807) is 0 Å². The summed E-state index contributed by atoms with van der Waals surface area (Å²) in [6.45, 7) is 7.21. The number of hydrogen-bond acceptors (Lipinski definition) is 5. The van der Waals surface area contributed by atoms with Crippen molar-refractivity contribution in [1.29, 1.82) is 0 Å². The summed E-state index contributed by atoms with van der Waals surface area (Å²) < 4.78 is 5.44. The fraction of sp³-hybridized carbons (Fsp3) is 0.667. The molecule has 94 valence electrons. The molecule has 1 aromatic rings. The highest BCUT2D eigenvalue weighted by Gasteiger charge is 2.23. The summed E-state index contributed by atoms with van der Waals surface area (Å²) in [5, 5.41) is 0. The second-order valence-electron chi connectivity index (χ2n) is 4.42. The third-order valence-corrected chi connectivity index (χ3v) is 3.01. The zero-order chi connectivity index (χ0) is 12.3. The first-order chi connectivity index (χ1) is 8.22. The average Bonchev–Trinajstić information content (AvgIpc) is 2.77. The van der Waals surface area contributed by atoms with E-state index in [2.05, 4.69) is 14.9 Å². The maximum absolute atomic E-state index is 5.69. The van der Waals surface area contributed by atoms with Crippen molar-refractivity contribution in [2.75, 3.05) is 31.1 Å². The van der Waals surface area contributed by atoms with Crippen LogP contribution in [0, 0.1) is 12.8 Å². The number of nitrogens with zero attached hydrogens (tertiary/aromatic N) is 3. The third-order valence-electron chi connectivity index (χ3n) is 3.01. The van der Waals surface area contributed by atoms with Gasteiger partial charge in [0.2, 0.25) is 11.8 Å². The normalized spacial score (nSPS) is 19.7. The molecule has 0 amide bonds. The lowest BCUT2D eigenvalue weighted by atomic mass is 10.1. The number of nitrogens with two attached hydrogens (primary N) is 1. The van der Waals surface area contributed by atoms with E-state index in [0.717, 1.165) is 37.7 Å². The van der Waals surface area contributed by atoms with E-state index in [4.69, 9.17) is 10.5 Å². The minimum absolute atomic E-state index is 0.564. The van der Waals surface area contributed by atoms with E-state index in [1.165, 1.54) is 0 Å². The first-order valence-corrected chi connectivity index (χ1v) is 6.16. The van der Waals surface area contributed by atoms with Gasteiger partial charge >= 0.3 is 0 Å². The van der Waals surface area contributed by atoms with Crippen LogP contribution in [0.5, 0.6) is 5.88 Å². The maximum atomic E-state index is 5.69. The summed E-state index contributed by atoms with van der Waals surface area (Å²) in [5.41, 5.74) is 6.63. The number of hydrogen-bond donors (Lipinski definition) is 1. The predicted molar refractivity (Wildman–Crippen MR) is 67.3 cm³/mol. The van der Waals surface area contributed by atoms with Crippen LogP contribution < -0.4 is 15.4 Å². The number of anilines is 1. The van der Waals surface area contributed by atoms with Crippen LogP contribution in [-0.2, 0) is 0 Å². The lowest BCUT2D eigenvalue weighted by Crippen LogP contribution is -2.24. The molecular formula is C12H20N4O. The number of rotatable bonds is 4. The molecule has 1 fully saturated rings. The molecule has 0 bridgehead atoms. The second-order valence-corrected chi connectivity index (χ2v) is 4.42. The molecule has 2 rings (SSSR count). The molecule has 1 saturated heterocycles. The van der Waals surface area contributed by atoms with Gasteiger partial charge in [-0.3, -0.25) is 0 Å². The third kappa shape index (κ3) is 2.85. The molecule has 1 aliphatic heterocycles. The van der Waals surface area contributed by atoms with Crippen molar-refractivity contribution < 1.29 is 4.74 Å². The Labute approximate surface area is 102 Å². The number of aryl methyl sites for hydroxylation is 1. The Kier molecular flexibility index (Phi) is 3.78. The number of aromatic nitrogens is 2. The molecule has 17 heavy (non-hydrogen) atoms. The Bertz CT molecular complexity index is 383. The second kappa shape index (κ2) is 5.31. The molecule has 5 nitrogen and oxygen atoms in total. The van der Waals surface area contributed by atoms with Gasteiger partial charge in [-0.15, -0.1) is 0 Å². The Hall–Kier alpha value is -1.36. The quantitative estimate of drug-likeness (QED) is 0.844. The first kappa shape index (κ1) is 12.1. The summed E-state index contributed by atoms with van der Waals surface area (Å²) >= 11 is 0. The predicted octanol–water partition coefficient (Wildman–Crippen LogP) is 0.969. The molecule has 0 aliphatic carbocycles. The van der Waals surface area contributed by atoms with Gasteiger partial charge in [0.25, 0.3) is 0 Å². The van der Waals surface area contributed by atoms with Gasteiger partial charge in [0, 0.05) is 24.8 Å². The lowest BCUT2D eigenvalue weighted by Gasteiger charge is -2.17. The van der Waals surface area contributed by atoms with Crippen LogP contribution in [0.4, 0.5) is 5.95 Å². The molecule has 2 N–H and O–H groups in total. The molecule has 0 aromatic carbocycles. The van der Waals surface area contributed by atoms with E-state index >= 15 is 0 Å². The zero-order valence-electron chi connectivity index (χ0n) is 10.5. The van der Waals surface area contributed by atoms with E-state index in [0.29, 0.717) is 18.4 Å². The SMILES string of the molecule is CCOc1cc(C)nc(N2CCC(CN)C2)n1. The smallest absolute Gasteiger partial charge is 0.228 e. The Morgan fingerprint density at radius 3 is 3.00 bits per heavy atom. The van der Waals surface area contributed by atoms with E-state index in [9.17, 15) is 0 Å². The van der Waals surface area contributed by atoms with Gasteiger partial charge < -0.3 is 15.4 Å². The van der Waals surface area contributed by atoms with Crippen molar-refractivity contribution in [1.82, 2.24) is 9.97 Å². The van der Waals surface area contributed by atoms with Crippen molar-refractivity contribution in [3.63, 3.8) is 0 Å². The fourth-order valence-corrected chi connectivity index (χ4v) is 2.09. The summed E-state index contributed by atoms with van der Waals surface area (Å²) in [6.07, 6.45) is 1.12. The summed E-state index contributed by atoms with van der Waals surface area (Å²) in [5.74, 6) is 1.99. The molecule has 0 radical (unpaired) electrons. The van der Waals surface area contributed by atoms with Crippen molar-refractivity contribution in [2.24, 2.45) is 11.7 Å². The van der Waals surface area contributed by atoms with Crippen molar-refractivity contribution in [3.05, 3.63) is 11.8 Å². The monoisotopic (exact) mass is 236 g/mol. The van der Waals surface area contributed by atoms with Gasteiger partial charge in [0.15, 0.2) is 0 Å². The summed E-state index contributed by atoms with van der Waals surface area (Å²) in [4.78, 5) is 11.1. The minimum Gasteiger partial charge on any atom is -0.478 e. The minimum atomic E-state index is 0.564. The Morgan fingerprint density at radius 1 is 1.53 bits per heavy atom. The van der Waals surface area contributed by atoms with Crippen LogP contribution in [0.1, 0.15) is 19.0 Å². The van der Waals surface area contributed by atoms with E-state index in [1.807, 2.05) is 19.9 Å². The van der Waals surface area contributed by atoms with Crippen LogP contribution in [0.15, 0.2) is 6.07 Å². The maximum Gasteiger partial charge on any atom is 0.228 e. The molecule has 1 unspecified atom stereocenters. The van der Waals surface area contributed by atoms with E-state index < -0.39 is 0 Å². The van der Waals surface area contributed by atoms with Crippen LogP contribution in [0.25, 0.3) is 0 Å². The van der Waals surface area contributed by atoms with Crippen molar-refractivity contribution in [3.8, 4) is 5.88 Å². The molecule has 1 atom stereocenters. The highest BCUT2D eigenvalue weighted by Crippen LogP contribution is 2.22. The highest BCUT2D eigenvalue weighted by molar-refractivity contribution is 5.35. The van der Waals surface area contributed by atoms with Crippen molar-refractivity contribution >= 4 is 5.95 Å². The van der Waals surface area contributed by atoms with Gasteiger partial charge in [0.1, 0.15) is 0 Å². The summed E-state index contributed by atoms with van der Waals surface area (Å²) in [6, 6.07) is 1.86. The highest BCUT2D eigenvalue weighted by atomic mass is 16.5. The summed E-state index contributed by atoms with van der Waals surface area (Å²) in [7, 11) is 0. The number of ether oxygens (including phenoxy) is 1. The topological polar surface area (TPSA) is 64.3 Å². The Morgan fingerprint density at radius 2 is 2.35 bits per heavy atom. The van der Waals surface area contributed by atoms with Gasteiger partial charge in [-0.1, -0.05) is 0 Å². The molecule has 5 heteroatoms. The molecule has 0 saturated carbocycles. The zero-order valence-corrected chi connectivity index (χ0v) is 10.5. The first-order valence-electron chi connectivity index (χ1n) is 6.16. The fourth-order valence-electron chi connectivity index (χ4n) is 2.09. The largest absolute Gasteiger partial charge is 0.478 e. The van der Waals surface area contributed by atoms with Crippen LogP contribution >= 0.6 is 0 Å². The Balaban J connectivity index is 2.15. The molecule has 1 aromatic heterocycles. The lowest BCUT2D eigenvalue weighted by molar-refractivity contribution is 0.326. The van der Waals surface area contributed by atoms with Crippen LogP contribution in [-0.4, -0.2) is 36.2 Å². The molecule has 0 spiro atoms. The molecule has 1 aliphatic rings. The van der Waals surface area contributed by atoms with Crippen molar-refractivity contribution in [2.45, 2.75) is 20.3 Å². The van der Waals surface area contributed by atoms with Crippen LogP contribution in [0.3, 0.4) is 0 Å². The molecular weight excluding hydrogens is 216 g/mol. The van der Waals surface area contributed by atoms with Gasteiger partial charge in [-0.25, -0.2) is 4.98 Å². The average molecular weight is 236 g/mol.